The normalized spacial score (nSPS) is 26.1. The van der Waals surface area contributed by atoms with Crippen LogP contribution < -0.4 is 0 Å². The Balaban J connectivity index is 2.01. The molecule has 0 spiro atoms. The summed E-state index contributed by atoms with van der Waals surface area (Å²) >= 11 is 0. The van der Waals surface area contributed by atoms with Crippen LogP contribution in [0, 0.1) is 6.92 Å². The van der Waals surface area contributed by atoms with E-state index in [1.54, 1.807) is 57.2 Å². The number of nitrogens with zero attached hydrogens (tertiary/aromatic N) is 1. The third kappa shape index (κ3) is 4.48. The smallest absolute Gasteiger partial charge is 0.411 e. The van der Waals surface area contributed by atoms with Gasteiger partial charge in [-0.2, -0.15) is 0 Å². The van der Waals surface area contributed by atoms with Crippen molar-refractivity contribution in [2.75, 3.05) is 7.11 Å². The van der Waals surface area contributed by atoms with E-state index in [1.807, 2.05) is 6.92 Å². The number of fused-ring (bicyclic) bond motifs is 2. The summed E-state index contributed by atoms with van der Waals surface area (Å²) in [5.41, 5.74) is 0.175. The molecule has 5 atom stereocenters. The lowest BCUT2D eigenvalue weighted by molar-refractivity contribution is -0.156. The monoisotopic (exact) mass is 451 g/mol. The fourth-order valence-corrected chi connectivity index (χ4v) is 5.95. The van der Waals surface area contributed by atoms with Gasteiger partial charge in [-0.3, -0.25) is 4.90 Å². The molecule has 0 saturated carbocycles. The van der Waals surface area contributed by atoms with Gasteiger partial charge in [-0.1, -0.05) is 29.8 Å². The molecule has 0 unspecified atom stereocenters. The molecule has 0 N–H and O–H groups in total. The van der Waals surface area contributed by atoms with E-state index in [0.717, 1.165) is 5.56 Å². The molecule has 1 aromatic rings. The van der Waals surface area contributed by atoms with Crippen molar-refractivity contribution < 1.29 is 32.2 Å². The third-order valence-electron chi connectivity index (χ3n) is 5.35. The maximum absolute atomic E-state index is 13.6. The predicted molar refractivity (Wildman–Crippen MR) is 113 cm³/mol. The number of carbonyl (C=O) groups is 2. The van der Waals surface area contributed by atoms with Gasteiger partial charge in [0, 0.05) is 0 Å². The first-order chi connectivity index (χ1) is 14.4. The number of amides is 1. The SMILES string of the molecule is COC(=O)[C@H](C)O[C@@H]1[C@@H](S(=O)(=O)c2ccc(C)cc2)[C@H]2C=C[C@@H]1N2C(=O)OC(C)(C)C. The summed E-state index contributed by atoms with van der Waals surface area (Å²) in [4.78, 5) is 26.4. The van der Waals surface area contributed by atoms with Gasteiger partial charge in [0.2, 0.25) is 0 Å². The number of benzene rings is 1. The van der Waals surface area contributed by atoms with Gasteiger partial charge in [0.1, 0.15) is 17.0 Å². The van der Waals surface area contributed by atoms with Gasteiger partial charge in [0.05, 0.1) is 24.1 Å². The van der Waals surface area contributed by atoms with Crippen molar-refractivity contribution in [1.29, 1.82) is 0 Å². The van der Waals surface area contributed by atoms with E-state index >= 15 is 0 Å². The Labute approximate surface area is 183 Å². The quantitative estimate of drug-likeness (QED) is 0.501. The summed E-state index contributed by atoms with van der Waals surface area (Å²) in [6, 6.07) is 5.05. The minimum atomic E-state index is -3.90. The first kappa shape index (κ1) is 23.3. The second-order valence-corrected chi connectivity index (χ2v) is 10.9. The van der Waals surface area contributed by atoms with E-state index in [1.165, 1.54) is 18.9 Å². The van der Waals surface area contributed by atoms with Crippen LogP contribution in [0.5, 0.6) is 0 Å². The van der Waals surface area contributed by atoms with Crippen LogP contribution in [0.2, 0.25) is 0 Å². The maximum atomic E-state index is 13.6. The van der Waals surface area contributed by atoms with Gasteiger partial charge in [0.15, 0.2) is 15.9 Å². The van der Waals surface area contributed by atoms with Crippen LogP contribution in [0.25, 0.3) is 0 Å². The van der Waals surface area contributed by atoms with E-state index in [2.05, 4.69) is 0 Å². The van der Waals surface area contributed by atoms with Crippen LogP contribution in [0.3, 0.4) is 0 Å². The summed E-state index contributed by atoms with van der Waals surface area (Å²) in [7, 11) is -2.67. The molecule has 2 bridgehead atoms. The zero-order valence-electron chi connectivity index (χ0n) is 18.6. The van der Waals surface area contributed by atoms with Crippen molar-refractivity contribution >= 4 is 21.9 Å². The molecule has 0 aromatic heterocycles. The molecule has 8 nitrogen and oxygen atoms in total. The number of aryl methyl sites for hydroxylation is 1. The summed E-state index contributed by atoms with van der Waals surface area (Å²) in [5.74, 6) is -0.623. The Hall–Kier alpha value is -2.39. The minimum absolute atomic E-state index is 0.132. The molecule has 2 aliphatic rings. The first-order valence-corrected chi connectivity index (χ1v) is 11.6. The molecule has 0 radical (unpaired) electrons. The zero-order chi connectivity index (χ0) is 23.1. The van der Waals surface area contributed by atoms with Crippen molar-refractivity contribution in [3.63, 3.8) is 0 Å². The Morgan fingerprint density at radius 3 is 2.19 bits per heavy atom. The standard InChI is InChI=1S/C22H29NO7S/c1-13-7-9-15(10-8-13)31(26,27)19-17-12-11-16(18(19)29-14(2)20(24)28-6)23(17)21(25)30-22(3,4)5/h7-12,14,16-19H,1-6H3/t14-,16-,17+,18-,19-/m0/s1. The van der Waals surface area contributed by atoms with Gasteiger partial charge in [-0.15, -0.1) is 0 Å². The number of rotatable bonds is 5. The molecule has 9 heteroatoms. The molecule has 2 aliphatic heterocycles. The van der Waals surface area contributed by atoms with E-state index < -0.39 is 57.0 Å². The average Bonchev–Trinajstić information content (AvgIpc) is 3.22. The number of esters is 1. The van der Waals surface area contributed by atoms with Crippen LogP contribution >= 0.6 is 0 Å². The van der Waals surface area contributed by atoms with E-state index in [4.69, 9.17) is 14.2 Å². The Morgan fingerprint density at radius 2 is 1.65 bits per heavy atom. The largest absolute Gasteiger partial charge is 0.467 e. The zero-order valence-corrected chi connectivity index (χ0v) is 19.4. The molecule has 2 heterocycles. The molecular weight excluding hydrogens is 422 g/mol. The topological polar surface area (TPSA) is 99.2 Å². The van der Waals surface area contributed by atoms with Crippen LogP contribution in [-0.2, 0) is 28.8 Å². The van der Waals surface area contributed by atoms with Gasteiger partial charge < -0.3 is 14.2 Å². The molecule has 0 aliphatic carbocycles. The van der Waals surface area contributed by atoms with Crippen molar-refractivity contribution in [3.05, 3.63) is 42.0 Å². The molecule has 170 valence electrons. The lowest BCUT2D eigenvalue weighted by atomic mass is 10.0. The predicted octanol–water partition coefficient (Wildman–Crippen LogP) is 2.64. The highest BCUT2D eigenvalue weighted by Gasteiger charge is 2.59. The highest BCUT2D eigenvalue weighted by atomic mass is 32.2. The molecule has 1 fully saturated rings. The number of hydrogen-bond acceptors (Lipinski definition) is 7. The number of sulfone groups is 1. The summed E-state index contributed by atoms with van der Waals surface area (Å²) in [6.45, 7) is 8.58. The first-order valence-electron chi connectivity index (χ1n) is 10.1. The second-order valence-electron chi connectivity index (χ2n) is 8.84. The molecular formula is C22H29NO7S. The summed E-state index contributed by atoms with van der Waals surface area (Å²) in [6.07, 6.45) is 0.827. The number of carbonyl (C=O) groups excluding carboxylic acids is 2. The second kappa shape index (κ2) is 8.27. The van der Waals surface area contributed by atoms with Gasteiger partial charge in [-0.05, 0) is 46.8 Å². The molecule has 31 heavy (non-hydrogen) atoms. The van der Waals surface area contributed by atoms with E-state index in [0.29, 0.717) is 0 Å². The van der Waals surface area contributed by atoms with Crippen LogP contribution in [0.15, 0.2) is 41.3 Å². The van der Waals surface area contributed by atoms with Gasteiger partial charge >= 0.3 is 12.1 Å². The Morgan fingerprint density at radius 1 is 1.06 bits per heavy atom. The highest BCUT2D eigenvalue weighted by Crippen LogP contribution is 2.42. The fourth-order valence-electron chi connectivity index (χ4n) is 3.95. The minimum Gasteiger partial charge on any atom is -0.467 e. The van der Waals surface area contributed by atoms with Crippen molar-refractivity contribution in [2.24, 2.45) is 0 Å². The van der Waals surface area contributed by atoms with Crippen LogP contribution in [0.1, 0.15) is 33.3 Å². The van der Waals surface area contributed by atoms with Gasteiger partial charge in [-0.25, -0.2) is 18.0 Å². The molecule has 1 amide bonds. The number of hydrogen-bond donors (Lipinski definition) is 0. The Kier molecular flexibility index (Phi) is 6.21. The Bertz CT molecular complexity index is 978. The lowest BCUT2D eigenvalue weighted by Gasteiger charge is -2.28. The van der Waals surface area contributed by atoms with E-state index in [9.17, 15) is 18.0 Å². The van der Waals surface area contributed by atoms with E-state index in [-0.39, 0.29) is 4.90 Å². The van der Waals surface area contributed by atoms with Gasteiger partial charge in [0.25, 0.3) is 0 Å². The van der Waals surface area contributed by atoms with Crippen molar-refractivity contribution in [2.45, 2.75) is 74.7 Å². The van der Waals surface area contributed by atoms with Crippen molar-refractivity contribution in [3.8, 4) is 0 Å². The van der Waals surface area contributed by atoms with Crippen LogP contribution in [-0.4, -0.2) is 67.6 Å². The fraction of sp³-hybridized carbons (Fsp3) is 0.545. The lowest BCUT2D eigenvalue weighted by Crippen LogP contribution is -2.45. The van der Waals surface area contributed by atoms with Crippen molar-refractivity contribution in [1.82, 2.24) is 4.90 Å². The van der Waals surface area contributed by atoms with Crippen LogP contribution in [0.4, 0.5) is 4.79 Å². The summed E-state index contributed by atoms with van der Waals surface area (Å²) in [5, 5.41) is -1.09. The highest BCUT2D eigenvalue weighted by molar-refractivity contribution is 7.92. The molecule has 3 rings (SSSR count). The molecule has 1 saturated heterocycles. The summed E-state index contributed by atoms with van der Waals surface area (Å²) < 4.78 is 43.4. The molecule has 1 aromatic carbocycles. The maximum Gasteiger partial charge on any atom is 0.411 e. The average molecular weight is 452 g/mol. The third-order valence-corrected chi connectivity index (χ3v) is 7.54. The number of ether oxygens (including phenoxy) is 3. The number of methoxy groups -OCH3 is 1.